The minimum atomic E-state index is -0.0874. The van der Waals surface area contributed by atoms with Gasteiger partial charge >= 0.3 is 0 Å². The van der Waals surface area contributed by atoms with Crippen molar-refractivity contribution < 1.29 is 9.47 Å². The van der Waals surface area contributed by atoms with Gasteiger partial charge in [0.1, 0.15) is 0 Å². The fourth-order valence-electron chi connectivity index (χ4n) is 1.23. The van der Waals surface area contributed by atoms with Gasteiger partial charge in [-0.05, 0) is 13.8 Å². The van der Waals surface area contributed by atoms with Crippen molar-refractivity contribution in [2.45, 2.75) is 26.2 Å². The Labute approximate surface area is 80.0 Å². The Hall–Kier alpha value is -0.160. The summed E-state index contributed by atoms with van der Waals surface area (Å²) in [5.74, 6) is 0. The topological polar surface area (TPSA) is 42.5 Å². The Morgan fingerprint density at radius 3 is 2.31 bits per heavy atom. The fourth-order valence-corrected chi connectivity index (χ4v) is 1.23. The van der Waals surface area contributed by atoms with Gasteiger partial charge in [0, 0.05) is 38.9 Å². The van der Waals surface area contributed by atoms with Crippen molar-refractivity contribution >= 4 is 0 Å². The highest BCUT2D eigenvalue weighted by Crippen LogP contribution is 1.96. The van der Waals surface area contributed by atoms with Crippen LogP contribution in [-0.4, -0.2) is 45.2 Å². The van der Waals surface area contributed by atoms with E-state index in [9.17, 15) is 0 Å². The molecule has 0 aromatic heterocycles. The zero-order valence-electron chi connectivity index (χ0n) is 8.51. The van der Waals surface area contributed by atoms with Crippen LogP contribution in [0.15, 0.2) is 0 Å². The van der Waals surface area contributed by atoms with E-state index in [0.29, 0.717) is 19.3 Å². The van der Waals surface area contributed by atoms with Crippen molar-refractivity contribution in [1.82, 2.24) is 10.6 Å². The van der Waals surface area contributed by atoms with E-state index in [2.05, 4.69) is 10.6 Å². The van der Waals surface area contributed by atoms with E-state index in [1.807, 2.05) is 13.8 Å². The molecule has 0 unspecified atom stereocenters. The molecular formula is C9H20N2O2. The van der Waals surface area contributed by atoms with Crippen LogP contribution in [0.4, 0.5) is 0 Å². The Balaban J connectivity index is 2.05. The zero-order valence-corrected chi connectivity index (χ0v) is 8.51. The van der Waals surface area contributed by atoms with Gasteiger partial charge in [0.25, 0.3) is 0 Å². The molecule has 0 aromatic carbocycles. The second kappa shape index (κ2) is 6.32. The van der Waals surface area contributed by atoms with E-state index in [0.717, 1.165) is 19.6 Å². The molecule has 1 saturated heterocycles. The summed E-state index contributed by atoms with van der Waals surface area (Å²) < 4.78 is 10.8. The van der Waals surface area contributed by atoms with Crippen molar-refractivity contribution in [3.8, 4) is 0 Å². The van der Waals surface area contributed by atoms with E-state index in [1.54, 1.807) is 0 Å². The molecule has 4 nitrogen and oxygen atoms in total. The number of hydrogen-bond acceptors (Lipinski definition) is 4. The van der Waals surface area contributed by atoms with Crippen LogP contribution in [0, 0.1) is 0 Å². The van der Waals surface area contributed by atoms with Crippen LogP contribution >= 0.6 is 0 Å². The summed E-state index contributed by atoms with van der Waals surface area (Å²) in [6, 6.07) is 0.600. The molecule has 1 rings (SSSR count). The van der Waals surface area contributed by atoms with Crippen molar-refractivity contribution in [1.29, 1.82) is 0 Å². The molecular weight excluding hydrogens is 168 g/mol. The summed E-state index contributed by atoms with van der Waals surface area (Å²) in [6.07, 6.45) is -0.0874. The average Bonchev–Trinajstić information content (AvgIpc) is 2.02. The van der Waals surface area contributed by atoms with Gasteiger partial charge in [-0.1, -0.05) is 0 Å². The average molecular weight is 188 g/mol. The van der Waals surface area contributed by atoms with Gasteiger partial charge in [0.15, 0.2) is 6.29 Å². The van der Waals surface area contributed by atoms with E-state index >= 15 is 0 Å². The predicted molar refractivity (Wildman–Crippen MR) is 51.7 cm³/mol. The molecule has 0 spiro atoms. The first-order valence-corrected chi connectivity index (χ1v) is 5.04. The maximum absolute atomic E-state index is 5.40. The first kappa shape index (κ1) is 10.9. The summed E-state index contributed by atoms with van der Waals surface area (Å²) in [5, 5.41) is 6.58. The molecule has 13 heavy (non-hydrogen) atoms. The third-order valence-electron chi connectivity index (χ3n) is 2.06. The van der Waals surface area contributed by atoms with Gasteiger partial charge in [-0.3, -0.25) is 0 Å². The quantitative estimate of drug-likeness (QED) is 0.550. The van der Waals surface area contributed by atoms with Crippen LogP contribution in [-0.2, 0) is 9.47 Å². The molecule has 0 atom stereocenters. The van der Waals surface area contributed by atoms with E-state index in [4.69, 9.17) is 9.47 Å². The largest absolute Gasteiger partial charge is 0.352 e. The van der Waals surface area contributed by atoms with Gasteiger partial charge in [-0.15, -0.1) is 0 Å². The Morgan fingerprint density at radius 2 is 1.92 bits per heavy atom. The van der Waals surface area contributed by atoms with Gasteiger partial charge in [0.05, 0.1) is 0 Å². The number of ether oxygens (including phenoxy) is 2. The second-order valence-corrected chi connectivity index (χ2v) is 3.10. The minimum Gasteiger partial charge on any atom is -0.352 e. The normalized spacial score (nSPS) is 17.8. The van der Waals surface area contributed by atoms with Gasteiger partial charge in [0.2, 0.25) is 0 Å². The SMILES string of the molecule is CCOC(CNC1CNC1)OCC. The summed E-state index contributed by atoms with van der Waals surface area (Å²) in [5.41, 5.74) is 0. The number of hydrogen-bond donors (Lipinski definition) is 2. The lowest BCUT2D eigenvalue weighted by molar-refractivity contribution is -0.134. The van der Waals surface area contributed by atoms with Crippen LogP contribution in [0.25, 0.3) is 0 Å². The summed E-state index contributed by atoms with van der Waals surface area (Å²) in [4.78, 5) is 0. The van der Waals surface area contributed by atoms with Crippen molar-refractivity contribution in [2.75, 3.05) is 32.8 Å². The smallest absolute Gasteiger partial charge is 0.169 e. The maximum Gasteiger partial charge on any atom is 0.169 e. The predicted octanol–water partition coefficient (Wildman–Crippen LogP) is -0.0531. The first-order chi connectivity index (χ1) is 6.36. The Kier molecular flexibility index (Phi) is 5.31. The monoisotopic (exact) mass is 188 g/mol. The minimum absolute atomic E-state index is 0.0874. The standard InChI is InChI=1S/C9H20N2O2/c1-3-12-9(13-4-2)7-11-8-5-10-6-8/h8-11H,3-7H2,1-2H3. The lowest BCUT2D eigenvalue weighted by Crippen LogP contribution is -2.56. The molecule has 1 aliphatic heterocycles. The van der Waals surface area contributed by atoms with Crippen molar-refractivity contribution in [3.63, 3.8) is 0 Å². The number of rotatable bonds is 7. The molecule has 0 saturated carbocycles. The van der Waals surface area contributed by atoms with Crippen LogP contribution in [0.3, 0.4) is 0 Å². The third kappa shape index (κ3) is 4.04. The molecule has 0 amide bonds. The van der Waals surface area contributed by atoms with Gasteiger partial charge < -0.3 is 20.1 Å². The fraction of sp³-hybridized carbons (Fsp3) is 1.00. The molecule has 4 heteroatoms. The maximum atomic E-state index is 5.40. The van der Waals surface area contributed by atoms with Crippen molar-refractivity contribution in [3.05, 3.63) is 0 Å². The molecule has 1 heterocycles. The molecule has 78 valence electrons. The van der Waals surface area contributed by atoms with E-state index in [1.165, 1.54) is 0 Å². The molecule has 2 N–H and O–H groups in total. The highest BCUT2D eigenvalue weighted by atomic mass is 16.7. The molecule has 0 aliphatic carbocycles. The molecule has 1 fully saturated rings. The molecule has 0 aromatic rings. The summed E-state index contributed by atoms with van der Waals surface area (Å²) in [6.45, 7) is 8.28. The molecule has 0 bridgehead atoms. The Bertz CT molecular complexity index is 123. The van der Waals surface area contributed by atoms with Gasteiger partial charge in [-0.25, -0.2) is 0 Å². The molecule has 0 radical (unpaired) electrons. The lowest BCUT2D eigenvalue weighted by Gasteiger charge is -2.29. The van der Waals surface area contributed by atoms with Gasteiger partial charge in [-0.2, -0.15) is 0 Å². The van der Waals surface area contributed by atoms with Crippen LogP contribution in [0.5, 0.6) is 0 Å². The van der Waals surface area contributed by atoms with E-state index in [-0.39, 0.29) is 6.29 Å². The number of nitrogens with one attached hydrogen (secondary N) is 2. The zero-order chi connectivity index (χ0) is 9.52. The summed E-state index contributed by atoms with van der Waals surface area (Å²) in [7, 11) is 0. The van der Waals surface area contributed by atoms with Crippen LogP contribution in [0.2, 0.25) is 0 Å². The van der Waals surface area contributed by atoms with Crippen molar-refractivity contribution in [2.24, 2.45) is 0 Å². The third-order valence-corrected chi connectivity index (χ3v) is 2.06. The highest BCUT2D eigenvalue weighted by molar-refractivity contribution is 4.81. The van der Waals surface area contributed by atoms with Crippen LogP contribution in [0.1, 0.15) is 13.8 Å². The van der Waals surface area contributed by atoms with Crippen LogP contribution < -0.4 is 10.6 Å². The first-order valence-electron chi connectivity index (χ1n) is 5.04. The highest BCUT2D eigenvalue weighted by Gasteiger charge is 2.17. The lowest BCUT2D eigenvalue weighted by atomic mass is 10.2. The second-order valence-electron chi connectivity index (χ2n) is 3.10. The summed E-state index contributed by atoms with van der Waals surface area (Å²) >= 11 is 0. The Morgan fingerprint density at radius 1 is 1.31 bits per heavy atom. The molecule has 1 aliphatic rings. The van der Waals surface area contributed by atoms with E-state index < -0.39 is 0 Å².